The van der Waals surface area contributed by atoms with Crippen molar-refractivity contribution in [3.05, 3.63) is 48.4 Å². The van der Waals surface area contributed by atoms with Gasteiger partial charge in [0.1, 0.15) is 18.0 Å². The molecule has 1 N–H and O–H groups in total. The molecule has 1 aromatic carbocycles. The quantitative estimate of drug-likeness (QED) is 0.748. The van der Waals surface area contributed by atoms with Gasteiger partial charge in [-0.2, -0.15) is 0 Å². The molecular weight excluding hydrogens is 338 g/mol. The van der Waals surface area contributed by atoms with Gasteiger partial charge in [-0.1, -0.05) is 0 Å². The summed E-state index contributed by atoms with van der Waals surface area (Å²) in [5.41, 5.74) is 1.73. The first-order chi connectivity index (χ1) is 11.8. The van der Waals surface area contributed by atoms with Crippen LogP contribution in [-0.4, -0.2) is 43.7 Å². The van der Waals surface area contributed by atoms with E-state index in [1.807, 2.05) is 31.1 Å². The smallest absolute Gasteiger partial charge is 0.175 e. The number of aromatic nitrogens is 3. The molecule has 0 spiro atoms. The Morgan fingerprint density at radius 3 is 2.60 bits per heavy atom. The lowest BCUT2D eigenvalue weighted by molar-refractivity contribution is 0.602. The van der Waals surface area contributed by atoms with Crippen molar-refractivity contribution in [2.24, 2.45) is 0 Å². The summed E-state index contributed by atoms with van der Waals surface area (Å²) in [6.45, 7) is 0.540. The molecule has 0 unspecified atom stereocenters. The Kier molecular flexibility index (Phi) is 4.54. The molecular formula is C17H19N5O2S. The van der Waals surface area contributed by atoms with E-state index < -0.39 is 9.84 Å². The summed E-state index contributed by atoms with van der Waals surface area (Å²) in [6, 6.07) is 8.75. The van der Waals surface area contributed by atoms with Gasteiger partial charge in [-0.25, -0.2) is 23.4 Å². The van der Waals surface area contributed by atoms with E-state index in [-0.39, 0.29) is 4.90 Å². The maximum absolute atomic E-state index is 11.8. The van der Waals surface area contributed by atoms with Crippen molar-refractivity contribution in [2.75, 3.05) is 30.6 Å². The number of rotatable bonds is 5. The average molecular weight is 357 g/mol. The van der Waals surface area contributed by atoms with Gasteiger partial charge in [-0.15, -0.1) is 0 Å². The van der Waals surface area contributed by atoms with Gasteiger partial charge in [-0.3, -0.25) is 0 Å². The third-order valence-electron chi connectivity index (χ3n) is 3.76. The molecule has 8 heteroatoms. The van der Waals surface area contributed by atoms with E-state index in [1.54, 1.807) is 24.4 Å². The van der Waals surface area contributed by atoms with Gasteiger partial charge in [0.2, 0.25) is 0 Å². The summed E-state index contributed by atoms with van der Waals surface area (Å²) in [5, 5.41) is 3.93. The van der Waals surface area contributed by atoms with Gasteiger partial charge in [0.25, 0.3) is 0 Å². The molecule has 0 aliphatic heterocycles. The molecule has 3 aromatic rings. The highest BCUT2D eigenvalue weighted by Gasteiger charge is 2.11. The minimum atomic E-state index is -3.29. The van der Waals surface area contributed by atoms with E-state index in [0.717, 1.165) is 11.4 Å². The van der Waals surface area contributed by atoms with Crippen molar-refractivity contribution in [1.82, 2.24) is 15.0 Å². The predicted octanol–water partition coefficient (Wildman–Crippen LogP) is 2.11. The van der Waals surface area contributed by atoms with Crippen molar-refractivity contribution in [3.8, 4) is 0 Å². The summed E-state index contributed by atoms with van der Waals surface area (Å²) in [5.74, 6) is 1.46. The van der Waals surface area contributed by atoms with Crippen molar-refractivity contribution in [1.29, 1.82) is 0 Å². The predicted molar refractivity (Wildman–Crippen MR) is 98.5 cm³/mol. The zero-order valence-electron chi connectivity index (χ0n) is 14.3. The molecule has 3 rings (SSSR count). The minimum absolute atomic E-state index is 0.247. The van der Waals surface area contributed by atoms with E-state index in [1.165, 1.54) is 12.6 Å². The van der Waals surface area contributed by atoms with Crippen molar-refractivity contribution >= 4 is 32.4 Å². The van der Waals surface area contributed by atoms with Gasteiger partial charge < -0.3 is 10.2 Å². The molecule has 0 saturated heterocycles. The highest BCUT2D eigenvalue weighted by atomic mass is 32.2. The topological polar surface area (TPSA) is 88.1 Å². The molecule has 130 valence electrons. The largest absolute Gasteiger partial charge is 0.365 e. The second kappa shape index (κ2) is 6.64. The van der Waals surface area contributed by atoms with E-state index in [9.17, 15) is 8.42 Å². The second-order valence-electron chi connectivity index (χ2n) is 5.94. The normalized spacial score (nSPS) is 11.5. The first-order valence-corrected chi connectivity index (χ1v) is 9.55. The summed E-state index contributed by atoms with van der Waals surface area (Å²) >= 11 is 0. The molecule has 0 radical (unpaired) electrons. The van der Waals surface area contributed by atoms with Crippen LogP contribution in [-0.2, 0) is 16.4 Å². The molecule has 0 atom stereocenters. The summed E-state index contributed by atoms with van der Waals surface area (Å²) < 4.78 is 23.6. The number of hydrogen-bond donors (Lipinski definition) is 1. The van der Waals surface area contributed by atoms with Gasteiger partial charge in [0.05, 0.1) is 10.4 Å². The monoisotopic (exact) mass is 357 g/mol. The third-order valence-corrected chi connectivity index (χ3v) is 4.87. The minimum Gasteiger partial charge on any atom is -0.365 e. The molecule has 0 aliphatic rings. The lowest BCUT2D eigenvalue weighted by Crippen LogP contribution is -2.11. The highest BCUT2D eigenvalue weighted by molar-refractivity contribution is 7.90. The number of pyridine rings is 1. The van der Waals surface area contributed by atoms with Crippen LogP contribution in [0.2, 0.25) is 0 Å². The van der Waals surface area contributed by atoms with Gasteiger partial charge >= 0.3 is 0 Å². The number of nitrogens with zero attached hydrogens (tertiary/aromatic N) is 4. The molecule has 0 saturated carbocycles. The van der Waals surface area contributed by atoms with Crippen LogP contribution in [0.4, 0.5) is 11.6 Å². The second-order valence-corrected chi connectivity index (χ2v) is 7.96. The van der Waals surface area contributed by atoms with Crippen LogP contribution < -0.4 is 10.2 Å². The molecule has 2 aromatic heterocycles. The Labute approximate surface area is 146 Å². The van der Waals surface area contributed by atoms with Gasteiger partial charge in [0.15, 0.2) is 9.84 Å². The van der Waals surface area contributed by atoms with Crippen LogP contribution in [0.3, 0.4) is 0 Å². The first-order valence-electron chi connectivity index (χ1n) is 7.65. The Hall–Kier alpha value is -2.74. The molecule has 0 fully saturated rings. The molecule has 2 heterocycles. The molecule has 0 aliphatic carbocycles. The summed E-state index contributed by atoms with van der Waals surface area (Å²) in [4.78, 5) is 14.9. The summed E-state index contributed by atoms with van der Waals surface area (Å²) in [6.07, 6.45) is 4.40. The number of nitrogens with one attached hydrogen (secondary N) is 1. The first kappa shape index (κ1) is 17.1. The maximum Gasteiger partial charge on any atom is 0.175 e. The van der Waals surface area contributed by atoms with E-state index in [0.29, 0.717) is 23.3 Å². The molecule has 0 amide bonds. The van der Waals surface area contributed by atoms with Crippen LogP contribution in [0.5, 0.6) is 0 Å². The van der Waals surface area contributed by atoms with E-state index in [4.69, 9.17) is 0 Å². The van der Waals surface area contributed by atoms with Crippen molar-refractivity contribution < 1.29 is 8.42 Å². The van der Waals surface area contributed by atoms with Crippen LogP contribution in [0.15, 0.2) is 47.8 Å². The van der Waals surface area contributed by atoms with Crippen LogP contribution >= 0.6 is 0 Å². The lowest BCUT2D eigenvalue weighted by atomic mass is 10.2. The zero-order valence-corrected chi connectivity index (χ0v) is 15.1. The van der Waals surface area contributed by atoms with Gasteiger partial charge in [0, 0.05) is 38.5 Å². The lowest BCUT2D eigenvalue weighted by Gasteiger charge is -2.13. The Morgan fingerprint density at radius 2 is 1.88 bits per heavy atom. The molecule has 0 bridgehead atoms. The summed E-state index contributed by atoms with van der Waals surface area (Å²) in [7, 11) is 0.579. The number of anilines is 2. The van der Waals surface area contributed by atoms with Crippen LogP contribution in [0.25, 0.3) is 10.9 Å². The van der Waals surface area contributed by atoms with Crippen molar-refractivity contribution in [2.45, 2.75) is 11.4 Å². The number of hydrogen-bond acceptors (Lipinski definition) is 7. The molecule has 7 nitrogen and oxygen atoms in total. The zero-order chi connectivity index (χ0) is 18.0. The van der Waals surface area contributed by atoms with Crippen molar-refractivity contribution in [3.63, 3.8) is 0 Å². The number of benzene rings is 1. The average Bonchev–Trinajstić information content (AvgIpc) is 2.59. The molecule has 25 heavy (non-hydrogen) atoms. The Balaban J connectivity index is 1.92. The highest BCUT2D eigenvalue weighted by Crippen LogP contribution is 2.23. The fourth-order valence-electron chi connectivity index (χ4n) is 2.41. The number of sulfone groups is 1. The fourth-order valence-corrected chi connectivity index (χ4v) is 3.06. The maximum atomic E-state index is 11.8. The van der Waals surface area contributed by atoms with E-state index >= 15 is 0 Å². The van der Waals surface area contributed by atoms with Crippen LogP contribution in [0, 0.1) is 0 Å². The van der Waals surface area contributed by atoms with Gasteiger partial charge in [-0.05, 0) is 35.9 Å². The van der Waals surface area contributed by atoms with Crippen LogP contribution in [0.1, 0.15) is 5.56 Å². The SMILES string of the molecule is CN(C)c1cc(CNc2ncnc3ccc(S(C)(=O)=O)cc23)ccn1. The fraction of sp³-hybridized carbons (Fsp3) is 0.235. The third kappa shape index (κ3) is 3.85. The van der Waals surface area contributed by atoms with E-state index in [2.05, 4.69) is 20.3 Å². The standard InChI is InChI=1S/C17H19N5O2S/c1-22(2)16-8-12(6-7-18-16)10-19-17-14-9-13(25(3,23)24)4-5-15(14)20-11-21-17/h4-9,11H,10H2,1-3H3,(H,19,20,21). The Bertz CT molecular complexity index is 1020. The number of fused-ring (bicyclic) bond motifs is 1. The Morgan fingerprint density at radius 1 is 1.08 bits per heavy atom.